The number of nitrogens with zero attached hydrogens (tertiary/aromatic N) is 10. The second-order valence-electron chi connectivity index (χ2n) is 22.3. The first-order valence-corrected chi connectivity index (χ1v) is 34.6. The lowest BCUT2D eigenvalue weighted by Crippen LogP contribution is -2.48. The lowest BCUT2D eigenvalue weighted by atomic mass is 10.1. The number of esters is 3. The van der Waals surface area contributed by atoms with Crippen LogP contribution in [0.5, 0.6) is 0 Å². The van der Waals surface area contributed by atoms with Crippen molar-refractivity contribution in [2.24, 2.45) is 5.73 Å². The molecule has 0 saturated carbocycles. The molecule has 0 aliphatic rings. The minimum atomic E-state index is -3.81. The van der Waals surface area contributed by atoms with E-state index in [1.165, 1.54) is 19.0 Å². The number of H-pyrrole nitrogens is 2. The summed E-state index contributed by atoms with van der Waals surface area (Å²) in [6.45, 7) is 33.4. The third-order valence-corrected chi connectivity index (χ3v) is 18.1. The molecular weight excluding hydrogens is 1270 g/mol. The number of ether oxygens (including phenoxy) is 3. The molecule has 0 amide bonds. The Bertz CT molecular complexity index is 3630. The van der Waals surface area contributed by atoms with Crippen molar-refractivity contribution in [2.75, 3.05) is 77.9 Å². The molecule has 4 heterocycles. The number of carbonyl (C=O) groups is 3. The third kappa shape index (κ3) is 27.3. The number of halogens is 1. The molecule has 6 N–H and O–H groups in total. The van der Waals surface area contributed by atoms with Gasteiger partial charge < -0.3 is 57.8 Å². The Labute approximate surface area is 555 Å². The van der Waals surface area contributed by atoms with Gasteiger partial charge in [-0.1, -0.05) is 91.0 Å². The molecule has 27 nitrogen and oxygen atoms in total. The van der Waals surface area contributed by atoms with E-state index >= 15 is 4.57 Å². The van der Waals surface area contributed by atoms with Crippen molar-refractivity contribution < 1.29 is 46.8 Å². The van der Waals surface area contributed by atoms with Gasteiger partial charge in [-0.3, -0.25) is 42.9 Å². The predicted molar refractivity (Wildman–Crippen MR) is 364 cm³/mol. The number of imidazole rings is 2. The van der Waals surface area contributed by atoms with Crippen LogP contribution in [0.15, 0.2) is 126 Å². The van der Waals surface area contributed by atoms with Gasteiger partial charge in [-0.25, -0.2) is 43.3 Å². The monoisotopic (exact) mass is 1360 g/mol. The number of carbonyl (C=O) groups excluding carboxylic acids is 3. The number of rotatable bonds is 36. The molecular formula is C64H90ClN15O12P2. The number of aromatic amines is 2. The van der Waals surface area contributed by atoms with Gasteiger partial charge in [-0.2, -0.15) is 0 Å². The average Bonchev–Trinajstić information content (AvgIpc) is 1.60. The lowest BCUT2D eigenvalue weighted by molar-refractivity contribution is -0.150. The second kappa shape index (κ2) is 41.1. The number of benzene rings is 3. The summed E-state index contributed by atoms with van der Waals surface area (Å²) in [5, 5.41) is 6.26. The van der Waals surface area contributed by atoms with Crippen LogP contribution in [-0.2, 0) is 79.1 Å². The highest BCUT2D eigenvalue weighted by Gasteiger charge is 2.37. The summed E-state index contributed by atoms with van der Waals surface area (Å²) in [5.41, 5.74) is 9.27. The van der Waals surface area contributed by atoms with E-state index < -0.39 is 57.3 Å². The zero-order valence-corrected chi connectivity index (χ0v) is 57.3. The maximum absolute atomic E-state index is 15.2. The van der Waals surface area contributed by atoms with Gasteiger partial charge in [0.2, 0.25) is 20.5 Å². The number of aromatic nitrogens is 8. The summed E-state index contributed by atoms with van der Waals surface area (Å²) in [5.74, 6) is -1.48. The van der Waals surface area contributed by atoms with Gasteiger partial charge in [-0.05, 0) is 91.3 Å². The van der Waals surface area contributed by atoms with Crippen LogP contribution in [-0.4, -0.2) is 181 Å². The molecule has 30 heteroatoms. The first-order valence-electron chi connectivity index (χ1n) is 31.0. The van der Waals surface area contributed by atoms with Crippen molar-refractivity contribution in [3.63, 3.8) is 0 Å². The Morgan fingerprint density at radius 1 is 0.564 bits per heavy atom. The molecule has 510 valence electrons. The van der Waals surface area contributed by atoms with Gasteiger partial charge in [0.1, 0.15) is 18.1 Å². The van der Waals surface area contributed by atoms with Crippen molar-refractivity contribution in [3.05, 3.63) is 177 Å². The Morgan fingerprint density at radius 3 is 1.31 bits per heavy atom. The Hall–Kier alpha value is -7.78. The normalized spacial score (nSPS) is 12.5. The number of fused-ring (bicyclic) bond motifs is 2. The van der Waals surface area contributed by atoms with Crippen molar-refractivity contribution in [1.82, 2.24) is 59.0 Å². The highest BCUT2D eigenvalue weighted by Crippen LogP contribution is 2.47. The number of nitrogens with two attached hydrogens (primary N) is 1. The molecule has 7 rings (SSSR count). The van der Waals surface area contributed by atoms with Crippen LogP contribution in [0.1, 0.15) is 72.1 Å². The molecule has 7 aromatic rings. The molecule has 0 spiro atoms. The summed E-state index contributed by atoms with van der Waals surface area (Å²) >= 11 is 0. The van der Waals surface area contributed by atoms with Gasteiger partial charge >= 0.3 is 25.5 Å². The van der Waals surface area contributed by atoms with Crippen LogP contribution in [0.25, 0.3) is 32.0 Å². The van der Waals surface area contributed by atoms with Gasteiger partial charge in [0.05, 0.1) is 76.1 Å². The van der Waals surface area contributed by atoms with E-state index in [0.29, 0.717) is 88.8 Å². The van der Waals surface area contributed by atoms with E-state index in [2.05, 4.69) is 49.8 Å². The smallest absolute Gasteiger partial charge is 0.331 e. The third-order valence-electron chi connectivity index (χ3n) is 13.8. The van der Waals surface area contributed by atoms with E-state index in [-0.39, 0.29) is 79.4 Å². The fourth-order valence-electron chi connectivity index (χ4n) is 9.40. The minimum absolute atomic E-state index is 0. The molecule has 0 aliphatic heterocycles. The van der Waals surface area contributed by atoms with Gasteiger partial charge in [0, 0.05) is 45.4 Å². The standard InChI is InChI=1S/C36H47N8O6P.C16H25N6O4P.C12H17NO2.ClH/c1-26(2)49-35(46)30(22-28-12-8-6-9-13-28)41-51(48,42-31(36(47)50-27(3)4)23-29-14-10-7-11-15-29)21-20-43(17-16-37-5)18-19-44-25-40-32-33(44)38-24-39-34(32)45;1-4-25-27(24,26-5-2)11-10-21(7-6-17-3)8-9-22-13-20-14-15(22)18-12-19-16(14)23;1-9(2)15-12(14)11(13)8-10-6-4-3-5-7-10;/h6-15,24-27,30-31H,16-23H2,1-4H3,(H,38,39,45)(H2,41,42,48);12-13H,4-11H2,1-2H3,(H,18,19,23);3-7,9,11H,8,13H2,1-2H3;1H/t30-,31-;;11-;/m0.0./s1. The maximum atomic E-state index is 15.2. The molecule has 0 aliphatic carbocycles. The summed E-state index contributed by atoms with van der Waals surface area (Å²) in [4.78, 5) is 95.0. The van der Waals surface area contributed by atoms with Crippen LogP contribution < -0.4 is 27.0 Å². The van der Waals surface area contributed by atoms with Crippen LogP contribution in [0, 0.1) is 13.1 Å². The first-order chi connectivity index (χ1) is 44.6. The molecule has 0 unspecified atom stereocenters. The Morgan fingerprint density at radius 2 is 0.936 bits per heavy atom. The van der Waals surface area contributed by atoms with E-state index in [4.69, 9.17) is 42.1 Å². The molecule has 0 radical (unpaired) electrons. The molecule has 0 fully saturated rings. The van der Waals surface area contributed by atoms with Crippen LogP contribution in [0.3, 0.4) is 0 Å². The highest BCUT2D eigenvalue weighted by molar-refractivity contribution is 7.60. The molecule has 94 heavy (non-hydrogen) atoms. The highest BCUT2D eigenvalue weighted by atomic mass is 35.5. The Balaban J connectivity index is 0.000000362. The maximum Gasteiger partial charge on any atom is 0.331 e. The summed E-state index contributed by atoms with van der Waals surface area (Å²) in [6.07, 6.45) is 6.00. The zero-order chi connectivity index (χ0) is 67.8. The van der Waals surface area contributed by atoms with Crippen LogP contribution >= 0.6 is 27.4 Å². The average molecular weight is 1360 g/mol. The fraction of sp³-hybridized carbons (Fsp3) is 0.484. The van der Waals surface area contributed by atoms with Crippen molar-refractivity contribution in [2.45, 2.75) is 124 Å². The predicted octanol–water partition coefficient (Wildman–Crippen LogP) is 7.38. The number of nitrogens with one attached hydrogen (secondary N) is 4. The largest absolute Gasteiger partial charge is 0.462 e. The van der Waals surface area contributed by atoms with E-state index in [1.54, 1.807) is 57.0 Å². The zero-order valence-electron chi connectivity index (χ0n) is 54.7. The molecule has 0 bridgehead atoms. The minimum Gasteiger partial charge on any atom is -0.462 e. The van der Waals surface area contributed by atoms with Crippen molar-refractivity contribution >= 4 is 67.7 Å². The van der Waals surface area contributed by atoms with Gasteiger partial charge in [0.25, 0.3) is 11.1 Å². The van der Waals surface area contributed by atoms with Crippen LogP contribution in [0.2, 0.25) is 0 Å². The molecule has 3 atom stereocenters. The SMILES string of the molecule is CC(C)OC(=O)[C@@H](N)Cc1ccccc1.Cl.[C-]#[N+]CCN(CCn1cnc2c(=O)[nH]cnc21)CCP(=O)(N[C@@H](Cc1ccccc1)C(=O)OC(C)C)N[C@@H](Cc1ccccc1)C(=O)OC(C)C.[C-]#[N+]CCN(CCn1cnc2c(=O)[nH]cnc21)CCP(=O)(OCC)OCC. The lowest BCUT2D eigenvalue weighted by Gasteiger charge is -2.31. The fourth-order valence-corrected chi connectivity index (χ4v) is 13.3. The van der Waals surface area contributed by atoms with Gasteiger partial charge in [-0.15, -0.1) is 12.4 Å². The first kappa shape index (κ1) is 78.7. The molecule has 0 saturated heterocycles. The van der Waals surface area contributed by atoms with Crippen molar-refractivity contribution in [3.8, 4) is 0 Å². The number of hydrogen-bond donors (Lipinski definition) is 5. The topological polar surface area (TPSA) is 324 Å². The molecule has 4 aromatic heterocycles. The summed E-state index contributed by atoms with van der Waals surface area (Å²) in [7, 11) is -6.94. The summed E-state index contributed by atoms with van der Waals surface area (Å²) in [6, 6.07) is 25.8. The summed E-state index contributed by atoms with van der Waals surface area (Å²) < 4.78 is 58.3. The van der Waals surface area contributed by atoms with Crippen molar-refractivity contribution in [1.29, 1.82) is 0 Å². The quantitative estimate of drug-likeness (QED) is 0.0111. The molecule has 3 aromatic carbocycles. The van der Waals surface area contributed by atoms with Crippen LogP contribution in [0.4, 0.5) is 0 Å². The van der Waals surface area contributed by atoms with Gasteiger partial charge in [0.15, 0.2) is 22.3 Å². The Kier molecular flexibility index (Phi) is 34.4. The van der Waals surface area contributed by atoms with E-state index in [0.717, 1.165) is 16.7 Å². The second-order valence-corrected chi connectivity index (χ2v) is 26.9. The van der Waals surface area contributed by atoms with E-state index in [9.17, 15) is 28.5 Å². The number of hydrogen-bond acceptors (Lipinski definition) is 19. The van der Waals surface area contributed by atoms with E-state index in [1.807, 2.05) is 115 Å².